The van der Waals surface area contributed by atoms with Crippen molar-refractivity contribution in [1.29, 1.82) is 0 Å². The van der Waals surface area contributed by atoms with E-state index in [1.807, 2.05) is 43.3 Å². The Morgan fingerprint density at radius 1 is 1.14 bits per heavy atom. The number of rotatable bonds is 3. The molecule has 0 aliphatic rings. The van der Waals surface area contributed by atoms with Gasteiger partial charge in [-0.2, -0.15) is 4.68 Å². The van der Waals surface area contributed by atoms with E-state index in [1.54, 1.807) is 4.68 Å². The van der Waals surface area contributed by atoms with Gasteiger partial charge in [0.1, 0.15) is 0 Å². The van der Waals surface area contributed by atoms with Gasteiger partial charge in [0.05, 0.1) is 5.69 Å². The Bertz CT molecular complexity index is 776. The lowest BCUT2D eigenvalue weighted by atomic mass is 10.1. The average molecular weight is 279 g/mol. The molecule has 0 unspecified atom stereocenters. The topological polar surface area (TPSA) is 69.6 Å². The van der Waals surface area contributed by atoms with Crippen molar-refractivity contribution in [2.24, 2.45) is 0 Å². The molecule has 0 aliphatic carbocycles. The summed E-state index contributed by atoms with van der Waals surface area (Å²) in [7, 11) is 0. The Kier molecular flexibility index (Phi) is 3.39. The number of nitrogens with two attached hydrogens (primary N) is 1. The molecule has 5 nitrogen and oxygen atoms in total. The number of hydrogen-bond acceptors (Lipinski definition) is 4. The summed E-state index contributed by atoms with van der Waals surface area (Å²) in [4.78, 5) is 0. The summed E-state index contributed by atoms with van der Waals surface area (Å²) < 4.78 is 1.77. The fourth-order valence-electron chi connectivity index (χ4n) is 2.33. The van der Waals surface area contributed by atoms with Crippen molar-refractivity contribution >= 4 is 5.69 Å². The number of nitrogens with zero attached hydrogens (tertiary/aromatic N) is 4. The maximum absolute atomic E-state index is 5.99. The number of aromatic nitrogens is 4. The van der Waals surface area contributed by atoms with Gasteiger partial charge in [0.2, 0.25) is 0 Å². The molecule has 0 saturated carbocycles. The highest BCUT2D eigenvalue weighted by molar-refractivity contribution is 5.65. The lowest BCUT2D eigenvalue weighted by Crippen LogP contribution is -2.03. The molecule has 0 saturated heterocycles. The van der Waals surface area contributed by atoms with Gasteiger partial charge >= 0.3 is 0 Å². The summed E-state index contributed by atoms with van der Waals surface area (Å²) in [5, 5.41) is 12.1. The first-order valence-electron chi connectivity index (χ1n) is 6.94. The number of benzene rings is 2. The first-order chi connectivity index (χ1) is 10.2. The van der Waals surface area contributed by atoms with Gasteiger partial charge in [0.25, 0.3) is 0 Å². The Hall–Kier alpha value is -2.69. The van der Waals surface area contributed by atoms with E-state index in [4.69, 9.17) is 5.73 Å². The van der Waals surface area contributed by atoms with Crippen molar-refractivity contribution in [1.82, 2.24) is 20.2 Å². The van der Waals surface area contributed by atoms with Crippen molar-refractivity contribution in [2.75, 3.05) is 5.73 Å². The number of aryl methyl sites for hydroxylation is 2. The molecule has 3 aromatic rings. The van der Waals surface area contributed by atoms with Crippen LogP contribution in [-0.2, 0) is 6.42 Å². The van der Waals surface area contributed by atoms with Gasteiger partial charge < -0.3 is 5.73 Å². The van der Waals surface area contributed by atoms with Crippen LogP contribution in [0.1, 0.15) is 18.1 Å². The molecule has 5 heteroatoms. The fourth-order valence-corrected chi connectivity index (χ4v) is 2.33. The van der Waals surface area contributed by atoms with E-state index in [0.717, 1.165) is 28.9 Å². The molecule has 0 bridgehead atoms. The normalized spacial score (nSPS) is 10.8. The molecular weight excluding hydrogens is 262 g/mol. The molecule has 0 amide bonds. The zero-order valence-electron chi connectivity index (χ0n) is 12.1. The molecule has 1 aromatic heterocycles. The average Bonchev–Trinajstić information content (AvgIpc) is 2.99. The van der Waals surface area contributed by atoms with Gasteiger partial charge in [0.15, 0.2) is 5.82 Å². The molecular formula is C16H17N5. The minimum absolute atomic E-state index is 0.697. The summed E-state index contributed by atoms with van der Waals surface area (Å²) in [5.41, 5.74) is 10.9. The fraction of sp³-hybridized carbons (Fsp3) is 0.188. The molecule has 2 aromatic carbocycles. The van der Waals surface area contributed by atoms with E-state index in [9.17, 15) is 0 Å². The van der Waals surface area contributed by atoms with E-state index >= 15 is 0 Å². The van der Waals surface area contributed by atoms with Crippen LogP contribution in [-0.4, -0.2) is 20.2 Å². The molecule has 21 heavy (non-hydrogen) atoms. The number of para-hydroxylation sites is 1. The summed E-state index contributed by atoms with van der Waals surface area (Å²) in [6.07, 6.45) is 0.922. The molecule has 0 spiro atoms. The largest absolute Gasteiger partial charge is 0.398 e. The van der Waals surface area contributed by atoms with Crippen LogP contribution in [0.2, 0.25) is 0 Å². The maximum atomic E-state index is 5.99. The third-order valence-electron chi connectivity index (χ3n) is 3.61. The monoisotopic (exact) mass is 279 g/mol. The highest BCUT2D eigenvalue weighted by Crippen LogP contribution is 2.24. The SMILES string of the molecule is CCc1ccccc1-n1nnnc1-c1ccc(C)c(N)c1. The van der Waals surface area contributed by atoms with Crippen LogP contribution in [0.25, 0.3) is 17.1 Å². The molecule has 0 atom stereocenters. The minimum Gasteiger partial charge on any atom is -0.398 e. The van der Waals surface area contributed by atoms with Gasteiger partial charge in [-0.05, 0) is 47.0 Å². The number of hydrogen-bond donors (Lipinski definition) is 1. The lowest BCUT2D eigenvalue weighted by Gasteiger charge is -2.10. The van der Waals surface area contributed by atoms with E-state index in [1.165, 1.54) is 5.56 Å². The Labute approximate surface area is 123 Å². The van der Waals surface area contributed by atoms with Crippen molar-refractivity contribution in [3.8, 4) is 17.1 Å². The Morgan fingerprint density at radius 2 is 1.95 bits per heavy atom. The van der Waals surface area contributed by atoms with Crippen molar-refractivity contribution in [2.45, 2.75) is 20.3 Å². The molecule has 2 N–H and O–H groups in total. The zero-order valence-corrected chi connectivity index (χ0v) is 12.1. The van der Waals surface area contributed by atoms with Crippen LogP contribution in [0.3, 0.4) is 0 Å². The summed E-state index contributed by atoms with van der Waals surface area (Å²) in [6, 6.07) is 14.0. The van der Waals surface area contributed by atoms with Crippen LogP contribution in [0.15, 0.2) is 42.5 Å². The zero-order chi connectivity index (χ0) is 14.8. The Balaban J connectivity index is 2.15. The number of anilines is 1. The Morgan fingerprint density at radius 3 is 2.71 bits per heavy atom. The van der Waals surface area contributed by atoms with E-state index in [2.05, 4.69) is 28.5 Å². The highest BCUT2D eigenvalue weighted by Gasteiger charge is 2.13. The first kappa shape index (κ1) is 13.3. The first-order valence-corrected chi connectivity index (χ1v) is 6.94. The lowest BCUT2D eigenvalue weighted by molar-refractivity contribution is 0.783. The molecule has 0 fully saturated rings. The van der Waals surface area contributed by atoms with Crippen LogP contribution in [0, 0.1) is 6.92 Å². The molecule has 0 aliphatic heterocycles. The molecule has 106 valence electrons. The van der Waals surface area contributed by atoms with E-state index in [-0.39, 0.29) is 0 Å². The van der Waals surface area contributed by atoms with Gasteiger partial charge in [-0.25, -0.2) is 0 Å². The number of nitrogen functional groups attached to an aromatic ring is 1. The predicted molar refractivity (Wildman–Crippen MR) is 83.1 cm³/mol. The number of tetrazole rings is 1. The van der Waals surface area contributed by atoms with Crippen LogP contribution >= 0.6 is 0 Å². The van der Waals surface area contributed by atoms with Crippen molar-refractivity contribution in [3.05, 3.63) is 53.6 Å². The quantitative estimate of drug-likeness (QED) is 0.748. The molecule has 0 radical (unpaired) electrons. The minimum atomic E-state index is 0.697. The van der Waals surface area contributed by atoms with Gasteiger partial charge in [-0.1, -0.05) is 37.3 Å². The summed E-state index contributed by atoms with van der Waals surface area (Å²) >= 11 is 0. The second-order valence-corrected chi connectivity index (χ2v) is 4.97. The van der Waals surface area contributed by atoms with Crippen LogP contribution in [0.5, 0.6) is 0 Å². The summed E-state index contributed by atoms with van der Waals surface area (Å²) in [6.45, 7) is 4.10. The van der Waals surface area contributed by atoms with Crippen LogP contribution < -0.4 is 5.73 Å². The van der Waals surface area contributed by atoms with Crippen LogP contribution in [0.4, 0.5) is 5.69 Å². The molecule has 1 heterocycles. The van der Waals surface area contributed by atoms with Gasteiger partial charge in [-0.3, -0.25) is 0 Å². The second-order valence-electron chi connectivity index (χ2n) is 4.97. The molecule has 3 rings (SSSR count). The standard InChI is InChI=1S/C16H17N5/c1-3-12-6-4-5-7-15(12)21-16(18-19-20-21)13-9-8-11(2)14(17)10-13/h4-10H,3,17H2,1-2H3. The van der Waals surface area contributed by atoms with Gasteiger partial charge in [-0.15, -0.1) is 5.10 Å². The maximum Gasteiger partial charge on any atom is 0.187 e. The third kappa shape index (κ3) is 2.38. The smallest absolute Gasteiger partial charge is 0.187 e. The summed E-state index contributed by atoms with van der Waals surface area (Å²) in [5.74, 6) is 0.697. The predicted octanol–water partition coefficient (Wildman–Crippen LogP) is 2.78. The highest BCUT2D eigenvalue weighted by atomic mass is 15.5. The van der Waals surface area contributed by atoms with Crippen molar-refractivity contribution < 1.29 is 0 Å². The third-order valence-corrected chi connectivity index (χ3v) is 3.61. The van der Waals surface area contributed by atoms with E-state index < -0.39 is 0 Å². The van der Waals surface area contributed by atoms with E-state index in [0.29, 0.717) is 5.82 Å². The van der Waals surface area contributed by atoms with Crippen molar-refractivity contribution in [3.63, 3.8) is 0 Å². The second kappa shape index (κ2) is 5.36. The van der Waals surface area contributed by atoms with Gasteiger partial charge in [0, 0.05) is 11.3 Å².